The molecule has 0 radical (unpaired) electrons. The lowest BCUT2D eigenvalue weighted by Gasteiger charge is -2.12. The molecule has 4 aromatic rings. The van der Waals surface area contributed by atoms with Gasteiger partial charge in [0, 0.05) is 11.9 Å². The van der Waals surface area contributed by atoms with Crippen LogP contribution in [-0.4, -0.2) is 4.98 Å². The van der Waals surface area contributed by atoms with Gasteiger partial charge in [-0.05, 0) is 52.6 Å². The summed E-state index contributed by atoms with van der Waals surface area (Å²) in [5, 5.41) is 3.41. The van der Waals surface area contributed by atoms with E-state index in [1.807, 2.05) is 30.3 Å². The van der Waals surface area contributed by atoms with E-state index < -0.39 is 0 Å². The van der Waals surface area contributed by atoms with Crippen molar-refractivity contribution in [3.63, 3.8) is 0 Å². The minimum absolute atomic E-state index is 0.840. The molecule has 0 atom stereocenters. The first-order valence-corrected chi connectivity index (χ1v) is 8.32. The van der Waals surface area contributed by atoms with Crippen molar-refractivity contribution < 1.29 is 0 Å². The van der Waals surface area contributed by atoms with Crippen molar-refractivity contribution in [1.82, 2.24) is 4.98 Å². The summed E-state index contributed by atoms with van der Waals surface area (Å²) >= 11 is 0. The highest BCUT2D eigenvalue weighted by Crippen LogP contribution is 2.31. The van der Waals surface area contributed by atoms with Gasteiger partial charge in [0.25, 0.3) is 0 Å². The van der Waals surface area contributed by atoms with Crippen LogP contribution in [0.5, 0.6) is 0 Å². The van der Waals surface area contributed by atoms with Gasteiger partial charge < -0.3 is 5.32 Å². The van der Waals surface area contributed by atoms with Crippen LogP contribution in [0.2, 0.25) is 0 Å². The smallest absolute Gasteiger partial charge is 0.130 e. The van der Waals surface area contributed by atoms with Crippen LogP contribution < -0.4 is 5.32 Å². The van der Waals surface area contributed by atoms with E-state index in [9.17, 15) is 0 Å². The van der Waals surface area contributed by atoms with Crippen LogP contribution in [0.3, 0.4) is 0 Å². The Bertz CT molecular complexity index is 891. The molecule has 3 aromatic carbocycles. The highest BCUT2D eigenvalue weighted by atomic mass is 15.0. The molecule has 0 aliphatic rings. The normalized spacial score (nSPS) is 10.4. The zero-order valence-corrected chi connectivity index (χ0v) is 13.8. The first-order chi connectivity index (χ1) is 12.4. The van der Waals surface area contributed by atoms with Gasteiger partial charge in [-0.25, -0.2) is 4.98 Å². The van der Waals surface area contributed by atoms with E-state index >= 15 is 0 Å². The molecule has 2 heteroatoms. The molecule has 120 valence electrons. The SMILES string of the molecule is c1ccc(-c2cc(Nc3ccccn3)cc(-c3ccccc3)c2)cc1. The summed E-state index contributed by atoms with van der Waals surface area (Å²) in [6, 6.07) is 33.3. The molecule has 0 aliphatic heterocycles. The molecule has 0 spiro atoms. The van der Waals surface area contributed by atoms with Gasteiger partial charge in [0.05, 0.1) is 0 Å². The minimum Gasteiger partial charge on any atom is -0.340 e. The largest absolute Gasteiger partial charge is 0.340 e. The topological polar surface area (TPSA) is 24.9 Å². The van der Waals surface area contributed by atoms with Crippen LogP contribution in [0.1, 0.15) is 0 Å². The number of hydrogen-bond acceptors (Lipinski definition) is 2. The Balaban J connectivity index is 1.80. The Labute approximate surface area is 147 Å². The molecular formula is C23H18N2. The van der Waals surface area contributed by atoms with Crippen molar-refractivity contribution in [2.45, 2.75) is 0 Å². The maximum atomic E-state index is 4.37. The van der Waals surface area contributed by atoms with Crippen LogP contribution in [0.25, 0.3) is 22.3 Å². The van der Waals surface area contributed by atoms with Gasteiger partial charge in [-0.3, -0.25) is 0 Å². The van der Waals surface area contributed by atoms with Crippen LogP contribution in [-0.2, 0) is 0 Å². The summed E-state index contributed by atoms with van der Waals surface area (Å²) in [7, 11) is 0. The van der Waals surface area contributed by atoms with Crippen LogP contribution >= 0.6 is 0 Å². The monoisotopic (exact) mass is 322 g/mol. The maximum absolute atomic E-state index is 4.37. The fourth-order valence-electron chi connectivity index (χ4n) is 2.88. The minimum atomic E-state index is 0.840. The van der Waals surface area contributed by atoms with Gasteiger partial charge in [-0.1, -0.05) is 66.7 Å². The molecule has 0 saturated heterocycles. The van der Waals surface area contributed by atoms with Gasteiger partial charge in [-0.15, -0.1) is 0 Å². The second-order valence-electron chi connectivity index (χ2n) is 5.87. The van der Waals surface area contributed by atoms with Gasteiger partial charge in [0.1, 0.15) is 5.82 Å². The summed E-state index contributed by atoms with van der Waals surface area (Å²) in [4.78, 5) is 4.37. The zero-order chi connectivity index (χ0) is 16.9. The van der Waals surface area contributed by atoms with E-state index in [1.165, 1.54) is 22.3 Å². The van der Waals surface area contributed by atoms with Gasteiger partial charge in [0.15, 0.2) is 0 Å². The Kier molecular flexibility index (Phi) is 4.25. The van der Waals surface area contributed by atoms with Crippen molar-refractivity contribution in [3.05, 3.63) is 103 Å². The predicted octanol–water partition coefficient (Wildman–Crippen LogP) is 6.16. The van der Waals surface area contributed by atoms with E-state index in [-0.39, 0.29) is 0 Å². The van der Waals surface area contributed by atoms with Gasteiger partial charge >= 0.3 is 0 Å². The van der Waals surface area contributed by atoms with Crippen molar-refractivity contribution in [2.24, 2.45) is 0 Å². The lowest BCUT2D eigenvalue weighted by atomic mass is 9.98. The second kappa shape index (κ2) is 7.02. The van der Waals surface area contributed by atoms with Crippen molar-refractivity contribution >= 4 is 11.5 Å². The molecule has 4 rings (SSSR count). The average molecular weight is 322 g/mol. The molecular weight excluding hydrogens is 304 g/mol. The van der Waals surface area contributed by atoms with Crippen molar-refractivity contribution in [1.29, 1.82) is 0 Å². The van der Waals surface area contributed by atoms with E-state index in [0.29, 0.717) is 0 Å². The number of anilines is 2. The molecule has 0 aliphatic carbocycles. The fraction of sp³-hybridized carbons (Fsp3) is 0. The number of aromatic nitrogens is 1. The molecule has 0 saturated carbocycles. The summed E-state index contributed by atoms with van der Waals surface area (Å²) in [6.45, 7) is 0. The van der Waals surface area contributed by atoms with Crippen molar-refractivity contribution in [3.8, 4) is 22.3 Å². The number of nitrogens with zero attached hydrogens (tertiary/aromatic N) is 1. The fourth-order valence-corrected chi connectivity index (χ4v) is 2.88. The number of hydrogen-bond donors (Lipinski definition) is 1. The molecule has 1 heterocycles. The Hall–Kier alpha value is -3.39. The van der Waals surface area contributed by atoms with Crippen LogP contribution in [0.15, 0.2) is 103 Å². The Morgan fingerprint density at radius 3 is 1.60 bits per heavy atom. The van der Waals surface area contributed by atoms with E-state index in [4.69, 9.17) is 0 Å². The molecule has 0 bridgehead atoms. The van der Waals surface area contributed by atoms with Gasteiger partial charge in [0.2, 0.25) is 0 Å². The molecule has 0 amide bonds. The molecule has 2 nitrogen and oxygen atoms in total. The number of pyridine rings is 1. The Morgan fingerprint density at radius 2 is 1.08 bits per heavy atom. The van der Waals surface area contributed by atoms with Crippen LogP contribution in [0, 0.1) is 0 Å². The standard InChI is InChI=1S/C23H18N2/c1-3-9-18(10-4-1)20-15-21(19-11-5-2-6-12-19)17-22(16-20)25-23-13-7-8-14-24-23/h1-17H,(H,24,25). The number of benzene rings is 3. The third-order valence-corrected chi connectivity index (χ3v) is 4.08. The molecule has 0 unspecified atom stereocenters. The number of rotatable bonds is 4. The first-order valence-electron chi connectivity index (χ1n) is 8.32. The molecule has 25 heavy (non-hydrogen) atoms. The average Bonchev–Trinajstić information content (AvgIpc) is 2.70. The summed E-state index contributed by atoms with van der Waals surface area (Å²) in [6.07, 6.45) is 1.79. The third-order valence-electron chi connectivity index (χ3n) is 4.08. The van der Waals surface area contributed by atoms with E-state index in [1.54, 1.807) is 6.20 Å². The lowest BCUT2D eigenvalue weighted by Crippen LogP contribution is -1.94. The summed E-state index contributed by atoms with van der Waals surface area (Å²) in [5.41, 5.74) is 5.79. The first kappa shape index (κ1) is 15.2. The summed E-state index contributed by atoms with van der Waals surface area (Å²) < 4.78 is 0. The number of nitrogens with one attached hydrogen (secondary N) is 1. The van der Waals surface area contributed by atoms with Crippen molar-refractivity contribution in [2.75, 3.05) is 5.32 Å². The Morgan fingerprint density at radius 1 is 0.520 bits per heavy atom. The zero-order valence-electron chi connectivity index (χ0n) is 13.8. The predicted molar refractivity (Wildman–Crippen MR) is 105 cm³/mol. The second-order valence-corrected chi connectivity index (χ2v) is 5.87. The van der Waals surface area contributed by atoms with E-state index in [2.05, 4.69) is 77.0 Å². The molecule has 1 aromatic heterocycles. The highest BCUT2D eigenvalue weighted by molar-refractivity contribution is 5.79. The molecule has 1 N–H and O–H groups in total. The molecule has 0 fully saturated rings. The van der Waals surface area contributed by atoms with E-state index in [0.717, 1.165) is 11.5 Å². The quantitative estimate of drug-likeness (QED) is 0.487. The van der Waals surface area contributed by atoms with Gasteiger partial charge in [-0.2, -0.15) is 0 Å². The highest BCUT2D eigenvalue weighted by Gasteiger charge is 2.06. The lowest BCUT2D eigenvalue weighted by molar-refractivity contribution is 1.31. The third kappa shape index (κ3) is 3.59. The maximum Gasteiger partial charge on any atom is 0.130 e. The summed E-state index contributed by atoms with van der Waals surface area (Å²) in [5.74, 6) is 0.840. The van der Waals surface area contributed by atoms with Crippen LogP contribution in [0.4, 0.5) is 11.5 Å².